The first-order valence-electron chi connectivity index (χ1n) is 3.96. The van der Waals surface area contributed by atoms with E-state index >= 15 is 0 Å². The highest BCUT2D eigenvalue weighted by molar-refractivity contribution is 5.74. The molecular formula is C10H10N2. The van der Waals surface area contributed by atoms with E-state index in [1.807, 2.05) is 19.1 Å². The van der Waals surface area contributed by atoms with Crippen LogP contribution in [0.4, 0.5) is 0 Å². The van der Waals surface area contributed by atoms with Crippen molar-refractivity contribution in [2.45, 2.75) is 13.8 Å². The van der Waals surface area contributed by atoms with Gasteiger partial charge >= 0.3 is 0 Å². The van der Waals surface area contributed by atoms with E-state index in [0.29, 0.717) is 0 Å². The standard InChI is InChI=1S/C10H10N2/c1-7-6-10-9(12-8(7)2)4-3-5-11-10/h3-6H,1-2H3. The summed E-state index contributed by atoms with van der Waals surface area (Å²) in [5, 5.41) is 0. The van der Waals surface area contributed by atoms with Crippen molar-refractivity contribution in [1.82, 2.24) is 9.97 Å². The van der Waals surface area contributed by atoms with Gasteiger partial charge in [-0.3, -0.25) is 9.97 Å². The first kappa shape index (κ1) is 7.22. The van der Waals surface area contributed by atoms with Crippen LogP contribution >= 0.6 is 0 Å². The highest BCUT2D eigenvalue weighted by Crippen LogP contribution is 2.12. The van der Waals surface area contributed by atoms with Gasteiger partial charge in [-0.15, -0.1) is 0 Å². The first-order chi connectivity index (χ1) is 5.77. The maximum Gasteiger partial charge on any atom is 0.0890 e. The second-order valence-electron chi connectivity index (χ2n) is 2.93. The molecule has 2 aromatic rings. The fourth-order valence-corrected chi connectivity index (χ4v) is 1.19. The zero-order chi connectivity index (χ0) is 8.55. The molecule has 0 atom stereocenters. The normalized spacial score (nSPS) is 10.5. The van der Waals surface area contributed by atoms with Crippen molar-refractivity contribution in [3.8, 4) is 0 Å². The molecule has 2 heteroatoms. The summed E-state index contributed by atoms with van der Waals surface area (Å²) in [5.41, 5.74) is 4.22. The average Bonchev–Trinajstić information content (AvgIpc) is 2.07. The lowest BCUT2D eigenvalue weighted by atomic mass is 10.2. The van der Waals surface area contributed by atoms with E-state index in [4.69, 9.17) is 0 Å². The molecule has 0 unspecified atom stereocenters. The second-order valence-corrected chi connectivity index (χ2v) is 2.93. The summed E-state index contributed by atoms with van der Waals surface area (Å²) < 4.78 is 0. The summed E-state index contributed by atoms with van der Waals surface area (Å²) in [5.74, 6) is 0. The summed E-state index contributed by atoms with van der Waals surface area (Å²) in [4.78, 5) is 8.63. The summed E-state index contributed by atoms with van der Waals surface area (Å²) in [6.45, 7) is 4.07. The van der Waals surface area contributed by atoms with E-state index in [9.17, 15) is 0 Å². The highest BCUT2D eigenvalue weighted by Gasteiger charge is 1.97. The molecule has 0 spiro atoms. The highest BCUT2D eigenvalue weighted by atomic mass is 14.8. The summed E-state index contributed by atoms with van der Waals surface area (Å²) in [7, 11) is 0. The van der Waals surface area contributed by atoms with Gasteiger partial charge in [0.25, 0.3) is 0 Å². The van der Waals surface area contributed by atoms with Crippen LogP contribution < -0.4 is 0 Å². The van der Waals surface area contributed by atoms with Gasteiger partial charge in [0.2, 0.25) is 0 Å². The zero-order valence-electron chi connectivity index (χ0n) is 7.20. The van der Waals surface area contributed by atoms with Gasteiger partial charge in [-0.05, 0) is 37.6 Å². The molecule has 2 heterocycles. The topological polar surface area (TPSA) is 25.8 Å². The Kier molecular flexibility index (Phi) is 1.54. The minimum absolute atomic E-state index is 0.973. The smallest absolute Gasteiger partial charge is 0.0890 e. The molecule has 2 rings (SSSR count). The maximum absolute atomic E-state index is 4.41. The van der Waals surface area contributed by atoms with E-state index in [-0.39, 0.29) is 0 Å². The van der Waals surface area contributed by atoms with Gasteiger partial charge in [0, 0.05) is 11.9 Å². The third-order valence-electron chi connectivity index (χ3n) is 2.03. The van der Waals surface area contributed by atoms with E-state index in [2.05, 4.69) is 23.0 Å². The van der Waals surface area contributed by atoms with Gasteiger partial charge in [-0.1, -0.05) is 0 Å². The minimum Gasteiger partial charge on any atom is -0.255 e. The molecule has 0 aromatic carbocycles. The molecule has 0 bridgehead atoms. The van der Waals surface area contributed by atoms with Crippen LogP contribution in [0, 0.1) is 13.8 Å². The van der Waals surface area contributed by atoms with Gasteiger partial charge in [-0.2, -0.15) is 0 Å². The fourth-order valence-electron chi connectivity index (χ4n) is 1.19. The van der Waals surface area contributed by atoms with Crippen LogP contribution in [-0.2, 0) is 0 Å². The Bertz CT molecular complexity index is 381. The average molecular weight is 158 g/mol. The van der Waals surface area contributed by atoms with E-state index in [1.165, 1.54) is 5.56 Å². The number of hydrogen-bond donors (Lipinski definition) is 0. The van der Waals surface area contributed by atoms with Crippen LogP contribution in [0.2, 0.25) is 0 Å². The molecule has 2 nitrogen and oxygen atoms in total. The molecule has 0 radical (unpaired) electrons. The van der Waals surface area contributed by atoms with Crippen molar-refractivity contribution in [3.63, 3.8) is 0 Å². The molecule has 0 saturated carbocycles. The van der Waals surface area contributed by atoms with Crippen LogP contribution in [0.5, 0.6) is 0 Å². The molecule has 60 valence electrons. The van der Waals surface area contributed by atoms with E-state index < -0.39 is 0 Å². The number of rotatable bonds is 0. The Morgan fingerprint density at radius 2 is 2.00 bits per heavy atom. The van der Waals surface area contributed by atoms with Crippen molar-refractivity contribution >= 4 is 11.0 Å². The van der Waals surface area contributed by atoms with Crippen molar-refractivity contribution in [2.24, 2.45) is 0 Å². The van der Waals surface area contributed by atoms with Gasteiger partial charge in [0.15, 0.2) is 0 Å². The van der Waals surface area contributed by atoms with Gasteiger partial charge in [0.05, 0.1) is 11.0 Å². The van der Waals surface area contributed by atoms with E-state index in [1.54, 1.807) is 6.20 Å². The number of fused-ring (bicyclic) bond motifs is 1. The molecule has 0 N–H and O–H groups in total. The number of nitrogens with zero attached hydrogens (tertiary/aromatic N) is 2. The maximum atomic E-state index is 4.41. The van der Waals surface area contributed by atoms with Crippen molar-refractivity contribution in [2.75, 3.05) is 0 Å². The molecular weight excluding hydrogens is 148 g/mol. The van der Waals surface area contributed by atoms with Crippen LogP contribution in [0.1, 0.15) is 11.3 Å². The quantitative estimate of drug-likeness (QED) is 0.587. The molecule has 0 aliphatic rings. The molecule has 0 aliphatic heterocycles. The van der Waals surface area contributed by atoms with Crippen molar-refractivity contribution in [3.05, 3.63) is 35.7 Å². The molecule has 0 saturated heterocycles. The SMILES string of the molecule is Cc1cc2ncccc2nc1C. The van der Waals surface area contributed by atoms with Crippen LogP contribution in [0.15, 0.2) is 24.4 Å². The third kappa shape index (κ3) is 1.05. The molecule has 0 aliphatic carbocycles. The van der Waals surface area contributed by atoms with Gasteiger partial charge in [0.1, 0.15) is 0 Å². The molecule has 2 aromatic heterocycles. The predicted molar refractivity (Wildman–Crippen MR) is 49.0 cm³/mol. The Hall–Kier alpha value is -1.44. The second kappa shape index (κ2) is 2.55. The van der Waals surface area contributed by atoms with Crippen LogP contribution in [-0.4, -0.2) is 9.97 Å². The molecule has 0 amide bonds. The number of pyridine rings is 2. The zero-order valence-corrected chi connectivity index (χ0v) is 7.20. The number of hydrogen-bond acceptors (Lipinski definition) is 2. The van der Waals surface area contributed by atoms with Gasteiger partial charge < -0.3 is 0 Å². The molecule has 0 fully saturated rings. The number of aryl methyl sites for hydroxylation is 2. The molecule has 12 heavy (non-hydrogen) atoms. The summed E-state index contributed by atoms with van der Waals surface area (Å²) in [6.07, 6.45) is 1.79. The van der Waals surface area contributed by atoms with E-state index in [0.717, 1.165) is 16.7 Å². The van der Waals surface area contributed by atoms with Crippen molar-refractivity contribution in [1.29, 1.82) is 0 Å². The number of aromatic nitrogens is 2. The predicted octanol–water partition coefficient (Wildman–Crippen LogP) is 2.25. The summed E-state index contributed by atoms with van der Waals surface area (Å²) in [6, 6.07) is 5.95. The lowest BCUT2D eigenvalue weighted by Crippen LogP contribution is -1.89. The Balaban J connectivity index is 2.84. The Morgan fingerprint density at radius 1 is 1.17 bits per heavy atom. The third-order valence-corrected chi connectivity index (χ3v) is 2.03. The van der Waals surface area contributed by atoms with Crippen LogP contribution in [0.3, 0.4) is 0 Å². The largest absolute Gasteiger partial charge is 0.255 e. The minimum atomic E-state index is 0.973. The first-order valence-corrected chi connectivity index (χ1v) is 3.96. The van der Waals surface area contributed by atoms with Crippen LogP contribution in [0.25, 0.3) is 11.0 Å². The Labute approximate surface area is 71.3 Å². The lowest BCUT2D eigenvalue weighted by molar-refractivity contribution is 1.18. The van der Waals surface area contributed by atoms with Crippen molar-refractivity contribution < 1.29 is 0 Å². The van der Waals surface area contributed by atoms with Gasteiger partial charge in [-0.25, -0.2) is 0 Å². The summed E-state index contributed by atoms with van der Waals surface area (Å²) >= 11 is 0. The Morgan fingerprint density at radius 3 is 2.83 bits per heavy atom. The lowest BCUT2D eigenvalue weighted by Gasteiger charge is -2.00. The monoisotopic (exact) mass is 158 g/mol. The fraction of sp³-hybridized carbons (Fsp3) is 0.200.